The van der Waals surface area contributed by atoms with Gasteiger partial charge >= 0.3 is 5.97 Å². The summed E-state index contributed by atoms with van der Waals surface area (Å²) < 4.78 is 10.4. The van der Waals surface area contributed by atoms with E-state index in [2.05, 4.69) is 0 Å². The van der Waals surface area contributed by atoms with E-state index in [0.717, 1.165) is 5.56 Å². The highest BCUT2D eigenvalue weighted by atomic mass is 16.5. The van der Waals surface area contributed by atoms with Crippen molar-refractivity contribution in [3.63, 3.8) is 0 Å². The molecule has 1 heterocycles. The van der Waals surface area contributed by atoms with E-state index < -0.39 is 23.7 Å². The first-order valence-electron chi connectivity index (χ1n) is 9.52. The molecule has 29 heavy (non-hydrogen) atoms. The molecule has 0 aromatic heterocycles. The number of carbonyl (C=O) groups excluding carboxylic acids is 3. The second-order valence-corrected chi connectivity index (χ2v) is 6.99. The van der Waals surface area contributed by atoms with Crippen molar-refractivity contribution in [1.29, 1.82) is 0 Å². The number of hydrogen-bond donors (Lipinski definition) is 0. The molecule has 4 rings (SSSR count). The van der Waals surface area contributed by atoms with E-state index >= 15 is 0 Å². The third-order valence-corrected chi connectivity index (χ3v) is 5.45. The number of carbonyl (C=O) groups is 3. The molecule has 2 aromatic rings. The topological polar surface area (TPSA) is 72.9 Å². The molecule has 2 aromatic carbocycles. The van der Waals surface area contributed by atoms with Gasteiger partial charge in [-0.25, -0.2) is 9.69 Å². The van der Waals surface area contributed by atoms with Gasteiger partial charge in [0.25, 0.3) is 0 Å². The van der Waals surface area contributed by atoms with Crippen molar-refractivity contribution < 1.29 is 23.9 Å². The SMILES string of the molecule is CCOC(=O)C1=C[C@H]2C(=O)N(c3ccccc3)C(=O)[C@H]2[C@@H]1c1ccc(OC)cc1. The maximum Gasteiger partial charge on any atom is 0.334 e. The van der Waals surface area contributed by atoms with Crippen LogP contribution in [0, 0.1) is 11.8 Å². The molecule has 0 spiro atoms. The number of para-hydroxylation sites is 1. The number of anilines is 1. The lowest BCUT2D eigenvalue weighted by Gasteiger charge is -2.22. The van der Waals surface area contributed by atoms with Gasteiger partial charge in [-0.3, -0.25) is 9.59 Å². The first-order valence-corrected chi connectivity index (χ1v) is 9.52. The zero-order valence-corrected chi connectivity index (χ0v) is 16.2. The molecule has 0 radical (unpaired) electrons. The van der Waals surface area contributed by atoms with Crippen LogP contribution >= 0.6 is 0 Å². The van der Waals surface area contributed by atoms with E-state index in [0.29, 0.717) is 17.0 Å². The fourth-order valence-electron chi connectivity index (χ4n) is 4.17. The molecule has 0 unspecified atom stereocenters. The van der Waals surface area contributed by atoms with Crippen LogP contribution in [0.1, 0.15) is 18.4 Å². The Bertz CT molecular complexity index is 980. The number of rotatable bonds is 5. The molecule has 3 atom stereocenters. The fourth-order valence-corrected chi connectivity index (χ4v) is 4.17. The normalized spacial score (nSPS) is 23.0. The van der Waals surface area contributed by atoms with Gasteiger partial charge in [0.05, 0.1) is 31.2 Å². The highest BCUT2D eigenvalue weighted by Gasteiger charge is 2.56. The second-order valence-electron chi connectivity index (χ2n) is 6.99. The Balaban J connectivity index is 1.77. The minimum atomic E-state index is -0.686. The fraction of sp³-hybridized carbons (Fsp3) is 0.261. The highest BCUT2D eigenvalue weighted by Crippen LogP contribution is 2.49. The van der Waals surface area contributed by atoms with Crippen LogP contribution in [0.4, 0.5) is 5.69 Å². The molecule has 1 saturated heterocycles. The van der Waals surface area contributed by atoms with Gasteiger partial charge in [-0.2, -0.15) is 0 Å². The van der Waals surface area contributed by atoms with Crippen molar-refractivity contribution in [2.75, 3.05) is 18.6 Å². The standard InChI is InChI=1S/C23H21NO5/c1-3-29-23(27)18-13-17-20(19(18)14-9-11-16(28-2)12-10-14)22(26)24(21(17)25)15-7-5-4-6-8-15/h4-13,17,19-20H,3H2,1-2H3/t17-,19-,20-/m1/s1. The minimum absolute atomic E-state index is 0.221. The van der Waals surface area contributed by atoms with Crippen molar-refractivity contribution in [2.24, 2.45) is 11.8 Å². The molecule has 6 nitrogen and oxygen atoms in total. The molecule has 6 heteroatoms. The summed E-state index contributed by atoms with van der Waals surface area (Å²) in [6, 6.07) is 16.1. The van der Waals surface area contributed by atoms with Crippen LogP contribution < -0.4 is 9.64 Å². The van der Waals surface area contributed by atoms with E-state index in [4.69, 9.17) is 9.47 Å². The lowest BCUT2D eigenvalue weighted by Crippen LogP contribution is -2.33. The molecule has 2 aliphatic rings. The summed E-state index contributed by atoms with van der Waals surface area (Å²) in [6.07, 6.45) is 1.61. The van der Waals surface area contributed by atoms with Gasteiger partial charge in [0.1, 0.15) is 5.75 Å². The van der Waals surface area contributed by atoms with Crippen LogP contribution in [0.3, 0.4) is 0 Å². The van der Waals surface area contributed by atoms with Crippen molar-refractivity contribution >= 4 is 23.5 Å². The summed E-state index contributed by atoms with van der Waals surface area (Å²) in [6.45, 7) is 1.95. The molecule has 0 bridgehead atoms. The van der Waals surface area contributed by atoms with Crippen molar-refractivity contribution in [2.45, 2.75) is 12.8 Å². The molecule has 1 aliphatic carbocycles. The van der Waals surface area contributed by atoms with Crippen molar-refractivity contribution in [1.82, 2.24) is 0 Å². The Morgan fingerprint density at radius 2 is 1.69 bits per heavy atom. The summed E-state index contributed by atoms with van der Waals surface area (Å²) in [5.74, 6) is -2.34. The molecule has 1 fully saturated rings. The van der Waals surface area contributed by atoms with E-state index in [9.17, 15) is 14.4 Å². The predicted octanol–water partition coefficient (Wildman–Crippen LogP) is 3.09. The van der Waals surface area contributed by atoms with Crippen LogP contribution in [0.2, 0.25) is 0 Å². The Morgan fingerprint density at radius 1 is 1.00 bits per heavy atom. The number of amides is 2. The molecular weight excluding hydrogens is 370 g/mol. The number of ether oxygens (including phenoxy) is 2. The Hall–Kier alpha value is -3.41. The maximum absolute atomic E-state index is 13.3. The molecule has 148 valence electrons. The van der Waals surface area contributed by atoms with E-state index in [1.165, 1.54) is 4.90 Å². The largest absolute Gasteiger partial charge is 0.497 e. The Morgan fingerprint density at radius 3 is 2.31 bits per heavy atom. The zero-order valence-electron chi connectivity index (χ0n) is 16.2. The molecule has 1 aliphatic heterocycles. The monoisotopic (exact) mass is 391 g/mol. The smallest absolute Gasteiger partial charge is 0.334 e. The minimum Gasteiger partial charge on any atom is -0.497 e. The van der Waals surface area contributed by atoms with Crippen molar-refractivity contribution in [3.05, 3.63) is 71.8 Å². The summed E-state index contributed by atoms with van der Waals surface area (Å²) in [7, 11) is 1.57. The third kappa shape index (κ3) is 3.10. The molecule has 0 N–H and O–H groups in total. The Kier molecular flexibility index (Phi) is 4.92. The van der Waals surface area contributed by atoms with Gasteiger partial charge in [-0.15, -0.1) is 0 Å². The maximum atomic E-state index is 13.3. The number of nitrogens with zero attached hydrogens (tertiary/aromatic N) is 1. The van der Waals surface area contributed by atoms with Crippen molar-refractivity contribution in [3.8, 4) is 5.75 Å². The van der Waals surface area contributed by atoms with Gasteiger partial charge < -0.3 is 9.47 Å². The summed E-state index contributed by atoms with van der Waals surface area (Å²) in [5, 5.41) is 0. The number of fused-ring (bicyclic) bond motifs is 1. The molecule has 0 saturated carbocycles. The third-order valence-electron chi connectivity index (χ3n) is 5.45. The van der Waals surface area contributed by atoms with Gasteiger partial charge in [0, 0.05) is 11.5 Å². The van der Waals surface area contributed by atoms with Crippen LogP contribution in [-0.2, 0) is 19.1 Å². The summed E-state index contributed by atoms with van der Waals surface area (Å²) in [5.41, 5.74) is 1.67. The highest BCUT2D eigenvalue weighted by molar-refractivity contribution is 6.24. The average Bonchev–Trinajstić information content (AvgIpc) is 3.25. The number of methoxy groups -OCH3 is 1. The lowest BCUT2D eigenvalue weighted by atomic mass is 9.82. The predicted molar refractivity (Wildman–Crippen MR) is 106 cm³/mol. The lowest BCUT2D eigenvalue weighted by molar-refractivity contribution is -0.138. The van der Waals surface area contributed by atoms with Crippen LogP contribution in [0.5, 0.6) is 5.75 Å². The number of benzene rings is 2. The number of hydrogen-bond acceptors (Lipinski definition) is 5. The first kappa shape index (κ1) is 18.9. The van der Waals surface area contributed by atoms with Gasteiger partial charge in [0.2, 0.25) is 11.8 Å². The molecular formula is C23H21NO5. The van der Waals surface area contributed by atoms with Gasteiger partial charge in [-0.1, -0.05) is 36.4 Å². The van der Waals surface area contributed by atoms with E-state index in [1.54, 1.807) is 56.5 Å². The van der Waals surface area contributed by atoms with E-state index in [1.807, 2.05) is 18.2 Å². The summed E-state index contributed by atoms with van der Waals surface area (Å²) in [4.78, 5) is 40.2. The van der Waals surface area contributed by atoms with Gasteiger partial charge in [0.15, 0.2) is 0 Å². The number of imide groups is 1. The van der Waals surface area contributed by atoms with Gasteiger partial charge in [-0.05, 0) is 36.8 Å². The molecule has 2 amide bonds. The van der Waals surface area contributed by atoms with E-state index in [-0.39, 0.29) is 18.4 Å². The van der Waals surface area contributed by atoms with Crippen LogP contribution in [-0.4, -0.2) is 31.5 Å². The van der Waals surface area contributed by atoms with Crippen LogP contribution in [0.25, 0.3) is 0 Å². The number of esters is 1. The quantitative estimate of drug-likeness (QED) is 0.579. The first-order chi connectivity index (χ1) is 14.1. The zero-order chi connectivity index (χ0) is 20.5. The van der Waals surface area contributed by atoms with Crippen LogP contribution in [0.15, 0.2) is 66.2 Å². The second kappa shape index (κ2) is 7.54. The summed E-state index contributed by atoms with van der Waals surface area (Å²) >= 11 is 0. The Labute approximate surface area is 168 Å². The average molecular weight is 391 g/mol.